The monoisotopic (exact) mass is 244 g/mol. The molecule has 2 N–H and O–H groups in total. The molecule has 3 rings (SSSR count). The lowest BCUT2D eigenvalue weighted by Gasteiger charge is -2.30. The lowest BCUT2D eigenvalue weighted by atomic mass is 9.69. The predicted molar refractivity (Wildman–Crippen MR) is 74.0 cm³/mol. The van der Waals surface area contributed by atoms with Crippen LogP contribution in [0.4, 0.5) is 0 Å². The Morgan fingerprint density at radius 1 is 1.33 bits per heavy atom. The summed E-state index contributed by atoms with van der Waals surface area (Å²) < 4.78 is 0. The second-order valence-corrected chi connectivity index (χ2v) is 5.96. The maximum atomic E-state index is 10.5. The average molecular weight is 244 g/mol. The zero-order valence-electron chi connectivity index (χ0n) is 11.0. The van der Waals surface area contributed by atoms with Crippen molar-refractivity contribution in [2.45, 2.75) is 50.7 Å². The maximum absolute atomic E-state index is 10.5. The molecule has 0 amide bonds. The van der Waals surface area contributed by atoms with Crippen molar-refractivity contribution in [1.29, 1.82) is 0 Å². The van der Waals surface area contributed by atoms with Gasteiger partial charge >= 0.3 is 0 Å². The van der Waals surface area contributed by atoms with E-state index >= 15 is 0 Å². The molecule has 1 aliphatic heterocycles. The van der Waals surface area contributed by atoms with Crippen molar-refractivity contribution < 1.29 is 5.11 Å². The molecule has 0 spiro atoms. The van der Waals surface area contributed by atoms with Gasteiger partial charge in [-0.05, 0) is 29.5 Å². The lowest BCUT2D eigenvalue weighted by molar-refractivity contribution is 0.0813. The van der Waals surface area contributed by atoms with Gasteiger partial charge in [-0.1, -0.05) is 25.1 Å². The first-order valence-corrected chi connectivity index (χ1v) is 7.10. The quantitative estimate of drug-likeness (QED) is 0.771. The first-order valence-electron chi connectivity index (χ1n) is 7.10. The second kappa shape index (κ2) is 5.02. The molecule has 3 atom stereocenters. The third-order valence-electron chi connectivity index (χ3n) is 4.46. The highest BCUT2D eigenvalue weighted by Crippen LogP contribution is 2.38. The summed E-state index contributed by atoms with van der Waals surface area (Å²) in [4.78, 5) is 4.46. The lowest BCUT2D eigenvalue weighted by Crippen LogP contribution is -2.20. The van der Waals surface area contributed by atoms with Crippen LogP contribution in [0.15, 0.2) is 12.3 Å². The van der Waals surface area contributed by atoms with Crippen LogP contribution in [0.3, 0.4) is 0 Å². The Balaban J connectivity index is 1.77. The van der Waals surface area contributed by atoms with Gasteiger partial charge in [-0.15, -0.1) is 0 Å². The first kappa shape index (κ1) is 12.2. The summed E-state index contributed by atoms with van der Waals surface area (Å²) in [6.45, 7) is 1.83. The number of nitrogens with one attached hydrogen (secondary N) is 1. The third-order valence-corrected chi connectivity index (χ3v) is 4.46. The minimum atomic E-state index is -0.376. The minimum absolute atomic E-state index is 0.376. The van der Waals surface area contributed by atoms with Gasteiger partial charge in [0.2, 0.25) is 0 Å². The van der Waals surface area contributed by atoms with E-state index in [1.807, 2.05) is 6.20 Å². The molecule has 0 saturated heterocycles. The second-order valence-electron chi connectivity index (χ2n) is 5.96. The van der Waals surface area contributed by atoms with Crippen molar-refractivity contribution in [3.8, 4) is 0 Å². The van der Waals surface area contributed by atoms with E-state index in [9.17, 15) is 5.11 Å². The molecule has 2 heterocycles. The number of fused-ring (bicyclic) bond motifs is 1. The van der Waals surface area contributed by atoms with Gasteiger partial charge in [-0.2, -0.15) is 0 Å². The molecule has 0 radical (unpaired) electrons. The van der Waals surface area contributed by atoms with Crippen LogP contribution in [-0.4, -0.2) is 17.9 Å². The topological polar surface area (TPSA) is 45.2 Å². The van der Waals surface area contributed by atoms with Crippen molar-refractivity contribution in [2.24, 2.45) is 5.92 Å². The highest BCUT2D eigenvalue weighted by molar-refractivity contribution is 6.11. The van der Waals surface area contributed by atoms with E-state index in [0.717, 1.165) is 37.4 Å². The standard InChI is InChI=1S/C14H21BN2O/c15-12-3-1-2-9(4-12)14(18)13-5-10-6-16-7-11(10)8-17-13/h5,8-9,12,14,16,18H,1-4,6-7,15H2. The molecule has 1 aromatic rings. The molecule has 1 aliphatic carbocycles. The number of aliphatic hydroxyl groups excluding tert-OH is 1. The Morgan fingerprint density at radius 3 is 3.00 bits per heavy atom. The van der Waals surface area contributed by atoms with Gasteiger partial charge in [-0.3, -0.25) is 4.98 Å². The maximum Gasteiger partial charge on any atom is 0.105 e. The van der Waals surface area contributed by atoms with Crippen LogP contribution in [0.25, 0.3) is 0 Å². The van der Waals surface area contributed by atoms with Crippen LogP contribution in [0.1, 0.15) is 48.6 Å². The van der Waals surface area contributed by atoms with Gasteiger partial charge in [0.25, 0.3) is 0 Å². The van der Waals surface area contributed by atoms with Crippen LogP contribution in [0.2, 0.25) is 5.82 Å². The Bertz CT molecular complexity index is 438. The molecule has 1 fully saturated rings. The van der Waals surface area contributed by atoms with E-state index in [0.29, 0.717) is 5.92 Å². The fourth-order valence-electron chi connectivity index (χ4n) is 3.37. The predicted octanol–water partition coefficient (Wildman–Crippen LogP) is 1.33. The number of aliphatic hydroxyl groups is 1. The van der Waals surface area contributed by atoms with Crippen molar-refractivity contribution in [2.75, 3.05) is 0 Å². The molecule has 4 heteroatoms. The molecule has 1 saturated carbocycles. The third kappa shape index (κ3) is 2.32. The summed E-state index contributed by atoms with van der Waals surface area (Å²) in [5, 5.41) is 13.8. The summed E-state index contributed by atoms with van der Waals surface area (Å²) in [6, 6.07) is 2.10. The van der Waals surface area contributed by atoms with Crippen LogP contribution >= 0.6 is 0 Å². The molecule has 3 nitrogen and oxygen atoms in total. The summed E-state index contributed by atoms with van der Waals surface area (Å²) >= 11 is 0. The molecule has 2 aliphatic rings. The average Bonchev–Trinajstić information content (AvgIpc) is 2.85. The highest BCUT2D eigenvalue weighted by Gasteiger charge is 2.27. The molecular formula is C14H21BN2O. The van der Waals surface area contributed by atoms with E-state index in [1.165, 1.54) is 24.0 Å². The van der Waals surface area contributed by atoms with E-state index in [-0.39, 0.29) is 6.10 Å². The molecular weight excluding hydrogens is 223 g/mol. The normalized spacial score (nSPS) is 28.9. The Hall–Kier alpha value is -0.865. The van der Waals surface area contributed by atoms with Crippen molar-refractivity contribution in [3.05, 3.63) is 29.1 Å². The van der Waals surface area contributed by atoms with E-state index < -0.39 is 0 Å². The Kier molecular flexibility index (Phi) is 3.40. The van der Waals surface area contributed by atoms with Crippen molar-refractivity contribution in [3.63, 3.8) is 0 Å². The largest absolute Gasteiger partial charge is 0.387 e. The van der Waals surface area contributed by atoms with Crippen LogP contribution in [-0.2, 0) is 13.1 Å². The van der Waals surface area contributed by atoms with Crippen molar-refractivity contribution in [1.82, 2.24) is 10.3 Å². The summed E-state index contributed by atoms with van der Waals surface area (Å²) in [5.74, 6) is 1.14. The van der Waals surface area contributed by atoms with Gasteiger partial charge < -0.3 is 10.4 Å². The summed E-state index contributed by atoms with van der Waals surface area (Å²) in [7, 11) is 2.29. The minimum Gasteiger partial charge on any atom is -0.387 e. The first-order chi connectivity index (χ1) is 8.74. The van der Waals surface area contributed by atoms with E-state index in [2.05, 4.69) is 24.2 Å². The molecule has 0 bridgehead atoms. The number of hydrogen-bond donors (Lipinski definition) is 2. The van der Waals surface area contributed by atoms with Gasteiger partial charge in [0.15, 0.2) is 0 Å². The molecule has 1 aromatic heterocycles. The molecule has 3 unspecified atom stereocenters. The zero-order chi connectivity index (χ0) is 12.5. The SMILES string of the molecule is BC1CCCC(C(O)c2cc3c(cn2)CNC3)C1. The summed E-state index contributed by atoms with van der Waals surface area (Å²) in [5.41, 5.74) is 3.46. The fourth-order valence-corrected chi connectivity index (χ4v) is 3.37. The van der Waals surface area contributed by atoms with Crippen LogP contribution in [0, 0.1) is 5.92 Å². The van der Waals surface area contributed by atoms with Gasteiger partial charge in [-0.25, -0.2) is 0 Å². The smallest absolute Gasteiger partial charge is 0.105 e. The number of pyridine rings is 1. The number of hydrogen-bond acceptors (Lipinski definition) is 3. The van der Waals surface area contributed by atoms with Gasteiger partial charge in [0, 0.05) is 19.3 Å². The fraction of sp³-hybridized carbons (Fsp3) is 0.643. The molecule has 0 aromatic carbocycles. The van der Waals surface area contributed by atoms with Crippen molar-refractivity contribution >= 4 is 7.85 Å². The highest BCUT2D eigenvalue weighted by atomic mass is 16.3. The number of nitrogens with zero attached hydrogens (tertiary/aromatic N) is 1. The van der Waals surface area contributed by atoms with Gasteiger partial charge in [0.05, 0.1) is 11.8 Å². The Labute approximate surface area is 109 Å². The molecule has 96 valence electrons. The summed E-state index contributed by atoms with van der Waals surface area (Å²) in [6.07, 6.45) is 6.39. The number of rotatable bonds is 2. The van der Waals surface area contributed by atoms with Crippen LogP contribution < -0.4 is 5.32 Å². The number of aromatic nitrogens is 1. The Morgan fingerprint density at radius 2 is 2.17 bits per heavy atom. The van der Waals surface area contributed by atoms with Gasteiger partial charge in [0.1, 0.15) is 7.85 Å². The van der Waals surface area contributed by atoms with Crippen LogP contribution in [0.5, 0.6) is 0 Å². The van der Waals surface area contributed by atoms with E-state index in [4.69, 9.17) is 0 Å². The van der Waals surface area contributed by atoms with E-state index in [1.54, 1.807) is 0 Å². The molecule has 18 heavy (non-hydrogen) atoms. The zero-order valence-corrected chi connectivity index (χ0v) is 11.0.